The minimum Gasteiger partial charge on any atom is -0.294 e. The zero-order valence-corrected chi connectivity index (χ0v) is 10.9. The van der Waals surface area contributed by atoms with Crippen LogP contribution in [0.5, 0.6) is 0 Å². The molecule has 0 amide bonds. The first-order valence-electron chi connectivity index (χ1n) is 5.40. The van der Waals surface area contributed by atoms with E-state index in [1.54, 1.807) is 40.4 Å². The van der Waals surface area contributed by atoms with Gasteiger partial charge in [-0.15, -0.1) is 0 Å². The molecule has 0 atom stereocenters. The number of thiophene rings is 1. The van der Waals surface area contributed by atoms with Crippen LogP contribution in [0.3, 0.4) is 0 Å². The van der Waals surface area contributed by atoms with Crippen LogP contribution >= 0.6 is 22.9 Å². The van der Waals surface area contributed by atoms with Crippen LogP contribution in [0.1, 0.15) is 5.56 Å². The summed E-state index contributed by atoms with van der Waals surface area (Å²) in [6, 6.07) is 7.13. The minimum absolute atomic E-state index is 0.0390. The van der Waals surface area contributed by atoms with Crippen LogP contribution in [0.4, 0.5) is 0 Å². The Morgan fingerprint density at radius 1 is 1.33 bits per heavy atom. The molecular weight excluding hydrogens is 268 g/mol. The monoisotopic (exact) mass is 276 g/mol. The molecule has 2 aromatic heterocycles. The first-order chi connectivity index (χ1) is 8.74. The van der Waals surface area contributed by atoms with E-state index in [4.69, 9.17) is 11.6 Å². The predicted octanol–water partition coefficient (Wildman–Crippen LogP) is 3.16. The molecular formula is C13H9ClN2OS. The molecule has 90 valence electrons. The lowest BCUT2D eigenvalue weighted by molar-refractivity contribution is 0.750. The molecule has 0 N–H and O–H groups in total. The van der Waals surface area contributed by atoms with Gasteiger partial charge in [0.15, 0.2) is 0 Å². The van der Waals surface area contributed by atoms with Crippen molar-refractivity contribution >= 4 is 33.8 Å². The third kappa shape index (κ3) is 2.05. The van der Waals surface area contributed by atoms with Crippen molar-refractivity contribution in [3.63, 3.8) is 0 Å². The number of hydrogen-bond acceptors (Lipinski definition) is 3. The Balaban J connectivity index is 2.12. The molecule has 0 saturated carbocycles. The molecule has 18 heavy (non-hydrogen) atoms. The first-order valence-corrected chi connectivity index (χ1v) is 6.72. The predicted molar refractivity (Wildman–Crippen MR) is 74.4 cm³/mol. The van der Waals surface area contributed by atoms with E-state index < -0.39 is 0 Å². The molecule has 0 fully saturated rings. The number of benzene rings is 1. The topological polar surface area (TPSA) is 34.9 Å². The van der Waals surface area contributed by atoms with Crippen LogP contribution in [0.25, 0.3) is 10.9 Å². The van der Waals surface area contributed by atoms with Crippen LogP contribution in [0.15, 0.2) is 46.1 Å². The van der Waals surface area contributed by atoms with Crippen LogP contribution in [-0.4, -0.2) is 9.55 Å². The highest BCUT2D eigenvalue weighted by molar-refractivity contribution is 7.07. The standard InChI is InChI=1S/C13H9ClN2OS/c14-10-1-2-11-12(5-10)15-8-16(13(11)17)6-9-3-4-18-7-9/h1-5,7-8H,6H2. The van der Waals surface area contributed by atoms with Gasteiger partial charge in [0.2, 0.25) is 0 Å². The van der Waals surface area contributed by atoms with Crippen LogP contribution in [0.2, 0.25) is 5.02 Å². The van der Waals surface area contributed by atoms with E-state index in [9.17, 15) is 4.79 Å². The van der Waals surface area contributed by atoms with Crippen molar-refractivity contribution < 1.29 is 0 Å². The van der Waals surface area contributed by atoms with E-state index in [1.807, 2.05) is 16.8 Å². The molecule has 3 rings (SSSR count). The van der Waals surface area contributed by atoms with Gasteiger partial charge in [-0.05, 0) is 40.6 Å². The summed E-state index contributed by atoms with van der Waals surface area (Å²) in [5, 5.41) is 5.20. The summed E-state index contributed by atoms with van der Waals surface area (Å²) in [6.45, 7) is 0.550. The second kappa shape index (κ2) is 4.55. The van der Waals surface area contributed by atoms with Crippen LogP contribution < -0.4 is 5.56 Å². The molecule has 0 radical (unpaired) electrons. The molecule has 2 heterocycles. The Morgan fingerprint density at radius 3 is 3.00 bits per heavy atom. The summed E-state index contributed by atoms with van der Waals surface area (Å²) in [5.41, 5.74) is 1.70. The number of aromatic nitrogens is 2. The molecule has 3 aromatic rings. The van der Waals surface area contributed by atoms with Crippen molar-refractivity contribution in [2.45, 2.75) is 6.54 Å². The van der Waals surface area contributed by atoms with Gasteiger partial charge in [-0.3, -0.25) is 9.36 Å². The maximum atomic E-state index is 12.2. The molecule has 1 aromatic carbocycles. The zero-order chi connectivity index (χ0) is 12.5. The molecule has 5 heteroatoms. The van der Waals surface area contributed by atoms with Crippen molar-refractivity contribution in [3.8, 4) is 0 Å². The second-order valence-corrected chi connectivity index (χ2v) is 5.19. The van der Waals surface area contributed by atoms with Crippen molar-refractivity contribution in [2.75, 3.05) is 0 Å². The molecule has 0 aliphatic rings. The van der Waals surface area contributed by atoms with E-state index in [0.717, 1.165) is 5.56 Å². The lowest BCUT2D eigenvalue weighted by atomic mass is 10.2. The molecule has 0 unspecified atom stereocenters. The summed E-state index contributed by atoms with van der Waals surface area (Å²) in [7, 11) is 0. The van der Waals surface area contributed by atoms with Crippen molar-refractivity contribution in [1.82, 2.24) is 9.55 Å². The quantitative estimate of drug-likeness (QED) is 0.721. The van der Waals surface area contributed by atoms with Crippen LogP contribution in [-0.2, 0) is 6.54 Å². The van der Waals surface area contributed by atoms with Gasteiger partial charge >= 0.3 is 0 Å². The normalized spacial score (nSPS) is 10.9. The fourth-order valence-corrected chi connectivity index (χ4v) is 2.65. The third-order valence-corrected chi connectivity index (χ3v) is 3.69. The third-order valence-electron chi connectivity index (χ3n) is 2.72. The lowest BCUT2D eigenvalue weighted by Crippen LogP contribution is -2.20. The van der Waals surface area contributed by atoms with Crippen LogP contribution in [0, 0.1) is 0 Å². The maximum Gasteiger partial charge on any atom is 0.261 e. The largest absolute Gasteiger partial charge is 0.294 e. The molecule has 0 saturated heterocycles. The van der Waals surface area contributed by atoms with Gasteiger partial charge in [-0.2, -0.15) is 11.3 Å². The molecule has 0 spiro atoms. The fraction of sp³-hybridized carbons (Fsp3) is 0.0769. The highest BCUT2D eigenvalue weighted by Crippen LogP contribution is 2.14. The summed E-state index contributed by atoms with van der Waals surface area (Å²) in [6.07, 6.45) is 1.57. The van der Waals surface area contributed by atoms with Gasteiger partial charge in [0.05, 0.1) is 23.8 Å². The average molecular weight is 277 g/mol. The SMILES string of the molecule is O=c1c2ccc(Cl)cc2ncn1Cc1ccsc1. The molecule has 0 aliphatic heterocycles. The molecule has 0 aliphatic carbocycles. The Morgan fingerprint density at radius 2 is 2.22 bits per heavy atom. The van der Waals surface area contributed by atoms with Crippen molar-refractivity contribution in [1.29, 1.82) is 0 Å². The first kappa shape index (κ1) is 11.4. The number of rotatable bonds is 2. The Hall–Kier alpha value is -1.65. The number of hydrogen-bond donors (Lipinski definition) is 0. The van der Waals surface area contributed by atoms with Gasteiger partial charge in [0, 0.05) is 5.02 Å². The summed E-state index contributed by atoms with van der Waals surface area (Å²) in [5.74, 6) is 0. The number of halogens is 1. The Kier molecular flexibility index (Phi) is 2.89. The van der Waals surface area contributed by atoms with Gasteiger partial charge in [0.25, 0.3) is 5.56 Å². The fourth-order valence-electron chi connectivity index (χ4n) is 1.82. The van der Waals surface area contributed by atoms with E-state index in [2.05, 4.69) is 4.98 Å². The molecule has 3 nitrogen and oxygen atoms in total. The van der Waals surface area contributed by atoms with Gasteiger partial charge in [-0.25, -0.2) is 4.98 Å². The summed E-state index contributed by atoms with van der Waals surface area (Å²) in [4.78, 5) is 16.5. The van der Waals surface area contributed by atoms with Gasteiger partial charge in [0.1, 0.15) is 0 Å². The van der Waals surface area contributed by atoms with Gasteiger partial charge < -0.3 is 0 Å². The highest BCUT2D eigenvalue weighted by Gasteiger charge is 2.05. The smallest absolute Gasteiger partial charge is 0.261 e. The maximum absolute atomic E-state index is 12.2. The zero-order valence-electron chi connectivity index (χ0n) is 9.34. The Bertz CT molecular complexity index is 749. The van der Waals surface area contributed by atoms with E-state index in [0.29, 0.717) is 22.5 Å². The van der Waals surface area contributed by atoms with E-state index in [-0.39, 0.29) is 5.56 Å². The highest BCUT2D eigenvalue weighted by atomic mass is 35.5. The lowest BCUT2D eigenvalue weighted by Gasteiger charge is -2.05. The van der Waals surface area contributed by atoms with E-state index >= 15 is 0 Å². The molecule has 0 bridgehead atoms. The number of nitrogens with zero attached hydrogens (tertiary/aromatic N) is 2. The summed E-state index contributed by atoms with van der Waals surface area (Å²) < 4.78 is 1.61. The van der Waals surface area contributed by atoms with E-state index in [1.165, 1.54) is 0 Å². The Labute approximate surface area is 112 Å². The van der Waals surface area contributed by atoms with Crippen molar-refractivity contribution in [3.05, 3.63) is 62.3 Å². The number of fused-ring (bicyclic) bond motifs is 1. The summed E-state index contributed by atoms with van der Waals surface area (Å²) >= 11 is 7.50. The second-order valence-electron chi connectivity index (χ2n) is 3.97. The van der Waals surface area contributed by atoms with Crippen molar-refractivity contribution in [2.24, 2.45) is 0 Å². The van der Waals surface area contributed by atoms with Gasteiger partial charge in [-0.1, -0.05) is 11.6 Å². The average Bonchev–Trinajstić information content (AvgIpc) is 2.85. The minimum atomic E-state index is -0.0390.